The van der Waals surface area contributed by atoms with Gasteiger partial charge in [0.05, 0.1) is 12.2 Å². The first kappa shape index (κ1) is 19.4. The van der Waals surface area contributed by atoms with E-state index in [1.807, 2.05) is 31.2 Å². The summed E-state index contributed by atoms with van der Waals surface area (Å²) >= 11 is 0. The lowest BCUT2D eigenvalue weighted by Crippen LogP contribution is -2.51. The summed E-state index contributed by atoms with van der Waals surface area (Å²) in [7, 11) is 0. The number of ether oxygens (including phenoxy) is 1. The van der Waals surface area contributed by atoms with Crippen LogP contribution in [-0.2, 0) is 0 Å². The largest absolute Gasteiger partial charge is 0.487 e. The number of rotatable bonds is 3. The molecule has 4 nitrogen and oxygen atoms in total. The highest BCUT2D eigenvalue weighted by molar-refractivity contribution is 5.41. The molecule has 2 aliphatic rings. The third-order valence-corrected chi connectivity index (χ3v) is 6.53. The molecule has 1 saturated heterocycles. The van der Waals surface area contributed by atoms with Crippen molar-refractivity contribution in [2.24, 2.45) is 0 Å². The highest BCUT2D eigenvalue weighted by atomic mass is 16.5. The Morgan fingerprint density at radius 3 is 2.54 bits per heavy atom. The van der Waals surface area contributed by atoms with Crippen LogP contribution in [0.25, 0.3) is 0 Å². The third kappa shape index (κ3) is 3.82. The molecule has 0 unspecified atom stereocenters. The summed E-state index contributed by atoms with van der Waals surface area (Å²) in [6.45, 7) is 8.59. The van der Waals surface area contributed by atoms with E-state index >= 15 is 0 Å². The van der Waals surface area contributed by atoms with Crippen molar-refractivity contribution in [3.8, 4) is 5.75 Å². The number of β-amino-alcohol motifs (C(OH)–C–C–N with tert-alkyl or cyclic N) is 1. The Morgan fingerprint density at radius 1 is 1.07 bits per heavy atom. The maximum Gasteiger partial charge on any atom is 0.125 e. The second kappa shape index (κ2) is 7.51. The molecular formula is C24H31NO3. The maximum atomic E-state index is 10.7. The van der Waals surface area contributed by atoms with Gasteiger partial charge in [-0.3, -0.25) is 0 Å². The van der Waals surface area contributed by atoms with E-state index < -0.39 is 12.2 Å². The minimum Gasteiger partial charge on any atom is -0.487 e. The van der Waals surface area contributed by atoms with Crippen molar-refractivity contribution in [2.75, 3.05) is 19.6 Å². The van der Waals surface area contributed by atoms with Gasteiger partial charge >= 0.3 is 0 Å². The number of hydrogen-bond donors (Lipinski definition) is 2. The molecule has 4 heteroatoms. The van der Waals surface area contributed by atoms with Gasteiger partial charge in [-0.1, -0.05) is 29.8 Å². The summed E-state index contributed by atoms with van der Waals surface area (Å²) in [6.07, 6.45) is 1.46. The molecule has 0 aliphatic carbocycles. The van der Waals surface area contributed by atoms with E-state index in [2.05, 4.69) is 30.9 Å². The fraction of sp³-hybridized carbons (Fsp3) is 0.500. The average Bonchev–Trinajstić information content (AvgIpc) is 2.67. The minimum absolute atomic E-state index is 0.288. The van der Waals surface area contributed by atoms with E-state index in [0.29, 0.717) is 13.0 Å². The molecule has 2 heterocycles. The Kier molecular flexibility index (Phi) is 5.21. The maximum absolute atomic E-state index is 10.7. The fourth-order valence-corrected chi connectivity index (χ4v) is 4.53. The monoisotopic (exact) mass is 381 g/mol. The molecule has 4 rings (SSSR count). The van der Waals surface area contributed by atoms with Gasteiger partial charge in [-0.15, -0.1) is 0 Å². The standard InChI is InChI=1S/C24H31NO3/c1-16-4-7-23-20(12-16)21(26)14-24(28-23)8-10-25(11-9-24)15-22(27)19-6-5-17(2)18(3)13-19/h4-7,12-13,21-22,26-27H,8-11,14-15H2,1-3H3/t21-,22-/m1/s1. The number of piperidine rings is 1. The molecular weight excluding hydrogens is 350 g/mol. The molecule has 0 radical (unpaired) electrons. The highest BCUT2D eigenvalue weighted by Gasteiger charge is 2.43. The van der Waals surface area contributed by atoms with Gasteiger partial charge < -0.3 is 19.8 Å². The number of likely N-dealkylation sites (tertiary alicyclic amines) is 1. The van der Waals surface area contributed by atoms with Crippen LogP contribution in [0, 0.1) is 20.8 Å². The van der Waals surface area contributed by atoms with Crippen molar-refractivity contribution in [3.63, 3.8) is 0 Å². The minimum atomic E-state index is -0.477. The fourth-order valence-electron chi connectivity index (χ4n) is 4.53. The first-order valence-electron chi connectivity index (χ1n) is 10.3. The molecule has 2 N–H and O–H groups in total. The van der Waals surface area contributed by atoms with Crippen LogP contribution in [0.3, 0.4) is 0 Å². The predicted octanol–water partition coefficient (Wildman–Crippen LogP) is 4.00. The van der Waals surface area contributed by atoms with Gasteiger partial charge in [0.1, 0.15) is 11.4 Å². The number of aliphatic hydroxyl groups excluding tert-OH is 2. The van der Waals surface area contributed by atoms with E-state index in [1.54, 1.807) is 0 Å². The van der Waals surface area contributed by atoms with E-state index in [-0.39, 0.29) is 5.60 Å². The molecule has 0 amide bonds. The van der Waals surface area contributed by atoms with Crippen LogP contribution in [0.5, 0.6) is 5.75 Å². The Morgan fingerprint density at radius 2 is 1.82 bits per heavy atom. The predicted molar refractivity (Wildman–Crippen MR) is 111 cm³/mol. The smallest absolute Gasteiger partial charge is 0.125 e. The zero-order valence-electron chi connectivity index (χ0n) is 17.1. The summed E-state index contributed by atoms with van der Waals surface area (Å²) in [6, 6.07) is 12.3. The van der Waals surface area contributed by atoms with Gasteiger partial charge in [0.2, 0.25) is 0 Å². The normalized spacial score (nSPS) is 22.5. The Bertz CT molecular complexity index is 855. The van der Waals surface area contributed by atoms with E-state index in [1.165, 1.54) is 11.1 Å². The Balaban J connectivity index is 1.39. The van der Waals surface area contributed by atoms with Crippen molar-refractivity contribution in [3.05, 3.63) is 64.2 Å². The van der Waals surface area contributed by atoms with Crippen molar-refractivity contribution in [1.82, 2.24) is 4.90 Å². The zero-order valence-corrected chi connectivity index (χ0v) is 17.1. The molecule has 28 heavy (non-hydrogen) atoms. The summed E-state index contributed by atoms with van der Waals surface area (Å²) in [5.41, 5.74) is 5.22. The van der Waals surface area contributed by atoms with Gasteiger partial charge in [-0.25, -0.2) is 0 Å². The lowest BCUT2D eigenvalue weighted by atomic mass is 9.81. The van der Waals surface area contributed by atoms with Gasteiger partial charge in [0.25, 0.3) is 0 Å². The molecule has 0 aromatic heterocycles. The molecule has 2 aromatic carbocycles. The molecule has 2 atom stereocenters. The summed E-state index contributed by atoms with van der Waals surface area (Å²) in [5.74, 6) is 0.827. The van der Waals surface area contributed by atoms with Gasteiger partial charge in [0, 0.05) is 31.6 Å². The molecule has 0 bridgehead atoms. The van der Waals surface area contributed by atoms with Crippen LogP contribution in [0.4, 0.5) is 0 Å². The Labute approximate surface area is 167 Å². The number of benzene rings is 2. The van der Waals surface area contributed by atoms with Crippen molar-refractivity contribution >= 4 is 0 Å². The number of hydrogen-bond acceptors (Lipinski definition) is 4. The third-order valence-electron chi connectivity index (χ3n) is 6.53. The van der Waals surface area contributed by atoms with Crippen molar-refractivity contribution in [2.45, 2.75) is 57.8 Å². The average molecular weight is 382 g/mol. The summed E-state index contributed by atoms with van der Waals surface area (Å²) in [5, 5.41) is 21.4. The van der Waals surface area contributed by atoms with Crippen LogP contribution in [0.1, 0.15) is 59.3 Å². The van der Waals surface area contributed by atoms with Gasteiger partial charge in [0.15, 0.2) is 0 Å². The number of nitrogens with zero attached hydrogens (tertiary/aromatic N) is 1. The molecule has 1 fully saturated rings. The van der Waals surface area contributed by atoms with Crippen LogP contribution in [0.2, 0.25) is 0 Å². The second-order valence-electron chi connectivity index (χ2n) is 8.71. The van der Waals surface area contributed by atoms with Gasteiger partial charge in [-0.2, -0.15) is 0 Å². The Hall–Kier alpha value is -1.88. The van der Waals surface area contributed by atoms with Crippen LogP contribution in [-0.4, -0.2) is 40.3 Å². The summed E-state index contributed by atoms with van der Waals surface area (Å²) < 4.78 is 6.40. The molecule has 150 valence electrons. The zero-order chi connectivity index (χ0) is 19.9. The first-order valence-corrected chi connectivity index (χ1v) is 10.3. The number of fused-ring (bicyclic) bond motifs is 1. The lowest BCUT2D eigenvalue weighted by Gasteiger charge is -2.46. The molecule has 2 aromatic rings. The van der Waals surface area contributed by atoms with Crippen molar-refractivity contribution < 1.29 is 14.9 Å². The molecule has 1 spiro atoms. The summed E-state index contributed by atoms with van der Waals surface area (Å²) in [4.78, 5) is 2.31. The van der Waals surface area contributed by atoms with Crippen LogP contribution >= 0.6 is 0 Å². The highest BCUT2D eigenvalue weighted by Crippen LogP contribution is 2.44. The van der Waals surface area contributed by atoms with E-state index in [0.717, 1.165) is 48.4 Å². The topological polar surface area (TPSA) is 52.9 Å². The SMILES string of the molecule is Cc1ccc2c(c1)[C@H](O)CC1(CCN(C[C@@H](O)c3ccc(C)c(C)c3)CC1)O2. The number of aryl methyl sites for hydroxylation is 3. The second-order valence-corrected chi connectivity index (χ2v) is 8.71. The number of aliphatic hydroxyl groups is 2. The van der Waals surface area contributed by atoms with E-state index in [9.17, 15) is 10.2 Å². The molecule has 0 saturated carbocycles. The molecule has 2 aliphatic heterocycles. The lowest BCUT2D eigenvalue weighted by molar-refractivity contribution is -0.0588. The van der Waals surface area contributed by atoms with E-state index in [4.69, 9.17) is 4.74 Å². The quantitative estimate of drug-likeness (QED) is 0.844. The van der Waals surface area contributed by atoms with Crippen LogP contribution in [0.15, 0.2) is 36.4 Å². The first-order chi connectivity index (χ1) is 13.3. The van der Waals surface area contributed by atoms with Crippen molar-refractivity contribution in [1.29, 1.82) is 0 Å². The van der Waals surface area contributed by atoms with Gasteiger partial charge in [-0.05, 0) is 62.4 Å². The van der Waals surface area contributed by atoms with Crippen LogP contribution < -0.4 is 4.74 Å².